The van der Waals surface area contributed by atoms with Crippen molar-refractivity contribution in [2.45, 2.75) is 35.6 Å². The first-order valence-electron chi connectivity index (χ1n) is 5.39. The fourth-order valence-electron chi connectivity index (χ4n) is 2.09. The van der Waals surface area contributed by atoms with E-state index in [9.17, 15) is 22.7 Å². The second-order valence-electron chi connectivity index (χ2n) is 4.29. The molecule has 0 unspecified atom stereocenters. The van der Waals surface area contributed by atoms with Crippen LogP contribution in [0, 0.1) is 5.92 Å². The summed E-state index contributed by atoms with van der Waals surface area (Å²) >= 11 is 13.8. The summed E-state index contributed by atoms with van der Waals surface area (Å²) < 4.78 is 53.3. The van der Waals surface area contributed by atoms with E-state index in [0.717, 1.165) is 0 Å². The number of aliphatic hydroxyl groups is 1. The number of hydrogen-bond donors (Lipinski definition) is 3. The lowest BCUT2D eigenvalue weighted by molar-refractivity contribution is -0.232. The minimum absolute atomic E-state index is 0.0997. The van der Waals surface area contributed by atoms with Gasteiger partial charge in [-0.05, 0) is 54.7 Å². The van der Waals surface area contributed by atoms with Crippen LogP contribution in [0.15, 0.2) is 5.10 Å². The van der Waals surface area contributed by atoms with E-state index in [1.165, 1.54) is 0 Å². The van der Waals surface area contributed by atoms with Crippen LogP contribution in [0.1, 0.15) is 19.3 Å². The van der Waals surface area contributed by atoms with Crippen molar-refractivity contribution in [2.24, 2.45) is 16.8 Å². The average Bonchev–Trinajstić information content (AvgIpc) is 2.70. The quantitative estimate of drug-likeness (QED) is 0.313. The topological polar surface area (TPSA) is 70.6 Å². The van der Waals surface area contributed by atoms with Crippen molar-refractivity contribution in [3.63, 3.8) is 0 Å². The van der Waals surface area contributed by atoms with Gasteiger partial charge in [0.25, 0.3) is 0 Å². The number of nitrogens with zero attached hydrogens (tertiary/aromatic N) is 1. The molecule has 4 N–H and O–H groups in total. The maximum Gasteiger partial charge on any atom is 0.357 e. The summed E-state index contributed by atoms with van der Waals surface area (Å²) in [6, 6.07) is 0. The molecule has 1 fully saturated rings. The zero-order chi connectivity index (χ0) is 15.8. The molecule has 0 saturated heterocycles. The van der Waals surface area contributed by atoms with Crippen LogP contribution in [0.5, 0.6) is 0 Å². The van der Waals surface area contributed by atoms with E-state index in [-0.39, 0.29) is 30.1 Å². The minimum atomic E-state index is -4.66. The van der Waals surface area contributed by atoms with Crippen LogP contribution in [0.3, 0.4) is 0 Å². The van der Waals surface area contributed by atoms with Gasteiger partial charge in [0.2, 0.25) is 5.60 Å². The fourth-order valence-corrected chi connectivity index (χ4v) is 2.69. The normalized spacial score (nSPS) is 23.1. The predicted octanol–water partition coefficient (Wildman–Crippen LogP) is 2.37. The molecule has 0 heterocycles. The van der Waals surface area contributed by atoms with Gasteiger partial charge in [0, 0.05) is 11.6 Å². The molecule has 0 spiro atoms. The number of alkyl halides is 6. The molecule has 4 nitrogen and oxygen atoms in total. The van der Waals surface area contributed by atoms with E-state index in [2.05, 4.69) is 45.9 Å². The molecule has 116 valence electrons. The van der Waals surface area contributed by atoms with Crippen molar-refractivity contribution < 1.29 is 22.7 Å². The summed E-state index contributed by atoms with van der Waals surface area (Å²) in [6.07, 6.45) is 0.173. The van der Waals surface area contributed by atoms with Gasteiger partial charge in [-0.25, -0.2) is 0 Å². The summed E-state index contributed by atoms with van der Waals surface area (Å²) in [5.74, 6) is -1.73. The first-order valence-corrected chi connectivity index (χ1v) is 6.55. The Bertz CT molecular complexity index is 410. The number of nitrogens with two attached hydrogens (primary N) is 1. The Morgan fingerprint density at radius 3 is 2.25 bits per heavy atom. The molecule has 0 amide bonds. The maximum atomic E-state index is 13.3. The van der Waals surface area contributed by atoms with E-state index in [4.69, 9.17) is 5.73 Å². The molecule has 1 aliphatic carbocycles. The molecule has 1 saturated carbocycles. The molecule has 0 aromatic heterocycles. The summed E-state index contributed by atoms with van der Waals surface area (Å²) in [5, 5.41) is 3.75. The van der Waals surface area contributed by atoms with E-state index < -0.39 is 22.3 Å². The van der Waals surface area contributed by atoms with Gasteiger partial charge in [0.15, 0.2) is 5.11 Å². The minimum Gasteiger partial charge on any atom is -0.376 e. The fraction of sp³-hybridized carbons (Fsp3) is 0.778. The summed E-state index contributed by atoms with van der Waals surface area (Å²) in [7, 11) is 0. The van der Waals surface area contributed by atoms with E-state index in [0.29, 0.717) is 0 Å². The van der Waals surface area contributed by atoms with Crippen molar-refractivity contribution in [1.82, 2.24) is 5.43 Å². The third kappa shape index (κ3) is 3.26. The SMILES string of the molecule is NC(=S)N/N=C1\CCC[C@H]1C(O)(C(F)(F)Cl)C(F)(F)Cl. The third-order valence-electron chi connectivity index (χ3n) is 3.01. The van der Waals surface area contributed by atoms with Gasteiger partial charge in [-0.15, -0.1) is 0 Å². The first-order chi connectivity index (χ1) is 8.91. The first kappa shape index (κ1) is 17.7. The molecule has 11 heteroatoms. The number of hydrogen-bond acceptors (Lipinski definition) is 3. The highest BCUT2D eigenvalue weighted by Gasteiger charge is 2.71. The largest absolute Gasteiger partial charge is 0.376 e. The van der Waals surface area contributed by atoms with Crippen LogP contribution in [-0.2, 0) is 0 Å². The molecule has 1 rings (SSSR count). The Hall–Kier alpha value is -0.380. The predicted molar refractivity (Wildman–Crippen MR) is 71.2 cm³/mol. The Labute approximate surface area is 127 Å². The third-order valence-corrected chi connectivity index (χ3v) is 3.67. The van der Waals surface area contributed by atoms with E-state index in [1.807, 2.05) is 0 Å². The van der Waals surface area contributed by atoms with Gasteiger partial charge in [0.05, 0.1) is 0 Å². The lowest BCUT2D eigenvalue weighted by Crippen LogP contribution is -2.61. The second-order valence-corrected chi connectivity index (χ2v) is 5.68. The van der Waals surface area contributed by atoms with Crippen molar-refractivity contribution in [1.29, 1.82) is 0 Å². The molecule has 1 aliphatic rings. The van der Waals surface area contributed by atoms with Crippen molar-refractivity contribution in [3.05, 3.63) is 0 Å². The van der Waals surface area contributed by atoms with Crippen LogP contribution < -0.4 is 11.2 Å². The van der Waals surface area contributed by atoms with Gasteiger partial charge >= 0.3 is 10.8 Å². The van der Waals surface area contributed by atoms with Crippen LogP contribution in [-0.4, -0.2) is 32.3 Å². The van der Waals surface area contributed by atoms with Crippen LogP contribution in [0.2, 0.25) is 0 Å². The molecular formula is C9H11Cl2F4N3OS. The molecule has 0 radical (unpaired) electrons. The van der Waals surface area contributed by atoms with Gasteiger partial charge in [-0.2, -0.15) is 22.7 Å². The molecule has 20 heavy (non-hydrogen) atoms. The molecule has 0 bridgehead atoms. The van der Waals surface area contributed by atoms with Crippen LogP contribution >= 0.6 is 35.4 Å². The summed E-state index contributed by atoms with van der Waals surface area (Å²) in [5.41, 5.74) is 3.07. The standard InChI is InChI=1S/C9H11Cl2F4N3OS/c10-8(12,13)7(19,9(11,14)15)4-2-1-3-5(4)17-18-6(16)20/h4,19H,1-3H2,(H3,16,18,20)/b17-5+/t4-/m1/s1. The average molecular weight is 356 g/mol. The van der Waals surface area contributed by atoms with Crippen molar-refractivity contribution in [2.75, 3.05) is 0 Å². The van der Waals surface area contributed by atoms with Crippen molar-refractivity contribution in [3.8, 4) is 0 Å². The number of hydrazone groups is 1. The summed E-state index contributed by atoms with van der Waals surface area (Å²) in [6.45, 7) is 0. The Balaban J connectivity index is 3.21. The Morgan fingerprint density at radius 2 is 1.85 bits per heavy atom. The van der Waals surface area contributed by atoms with Crippen molar-refractivity contribution >= 4 is 46.2 Å². The maximum absolute atomic E-state index is 13.3. The number of halogens is 6. The second kappa shape index (κ2) is 5.78. The smallest absolute Gasteiger partial charge is 0.357 e. The molecule has 0 aromatic rings. The van der Waals surface area contributed by atoms with E-state index >= 15 is 0 Å². The van der Waals surface area contributed by atoms with Crippen LogP contribution in [0.25, 0.3) is 0 Å². The van der Waals surface area contributed by atoms with Crippen LogP contribution in [0.4, 0.5) is 17.6 Å². The number of thiocarbonyl (C=S) groups is 1. The highest BCUT2D eigenvalue weighted by Crippen LogP contribution is 2.53. The van der Waals surface area contributed by atoms with Gasteiger partial charge in [-0.1, -0.05) is 0 Å². The zero-order valence-electron chi connectivity index (χ0n) is 9.85. The monoisotopic (exact) mass is 355 g/mol. The van der Waals surface area contributed by atoms with Gasteiger partial charge in [-0.3, -0.25) is 5.43 Å². The highest BCUT2D eigenvalue weighted by atomic mass is 35.5. The number of rotatable bonds is 4. The molecule has 1 atom stereocenters. The number of nitrogens with one attached hydrogen (secondary N) is 1. The Kier molecular flexibility index (Phi) is 5.11. The lowest BCUT2D eigenvalue weighted by Gasteiger charge is -2.39. The highest BCUT2D eigenvalue weighted by molar-refractivity contribution is 7.80. The molecule has 0 aromatic carbocycles. The molecule has 0 aliphatic heterocycles. The van der Waals surface area contributed by atoms with E-state index in [1.54, 1.807) is 0 Å². The Morgan fingerprint density at radius 1 is 1.35 bits per heavy atom. The zero-order valence-corrected chi connectivity index (χ0v) is 12.2. The lowest BCUT2D eigenvalue weighted by atomic mass is 9.85. The summed E-state index contributed by atoms with van der Waals surface area (Å²) in [4.78, 5) is 0. The van der Waals surface area contributed by atoms with Gasteiger partial charge in [0.1, 0.15) is 0 Å². The van der Waals surface area contributed by atoms with Gasteiger partial charge < -0.3 is 10.8 Å². The molecular weight excluding hydrogens is 345 g/mol.